The van der Waals surface area contributed by atoms with E-state index in [1.54, 1.807) is 6.26 Å². The molecule has 1 fully saturated rings. The van der Waals surface area contributed by atoms with Gasteiger partial charge in [0, 0.05) is 6.42 Å². The molecule has 1 aliphatic rings. The van der Waals surface area contributed by atoms with Crippen LogP contribution in [0.2, 0.25) is 0 Å². The first-order valence-electron chi connectivity index (χ1n) is 6.00. The summed E-state index contributed by atoms with van der Waals surface area (Å²) in [4.78, 5) is 0. The monoisotopic (exact) mass is 208 g/mol. The number of furan rings is 1. The van der Waals surface area contributed by atoms with Crippen molar-refractivity contribution < 1.29 is 9.52 Å². The summed E-state index contributed by atoms with van der Waals surface area (Å²) in [5.74, 6) is 2.23. The van der Waals surface area contributed by atoms with Crippen LogP contribution in [-0.4, -0.2) is 11.2 Å². The average Bonchev–Trinajstić information content (AvgIpc) is 2.86. The van der Waals surface area contributed by atoms with Crippen LogP contribution >= 0.6 is 0 Å². The molecule has 0 saturated heterocycles. The number of hydrogen-bond acceptors (Lipinski definition) is 2. The van der Waals surface area contributed by atoms with E-state index in [9.17, 15) is 5.11 Å². The Morgan fingerprint density at radius 1 is 1.53 bits per heavy atom. The highest BCUT2D eigenvalue weighted by atomic mass is 16.3. The van der Waals surface area contributed by atoms with Gasteiger partial charge in [-0.25, -0.2) is 0 Å². The van der Waals surface area contributed by atoms with Crippen molar-refractivity contribution in [3.63, 3.8) is 0 Å². The van der Waals surface area contributed by atoms with Crippen LogP contribution in [0.4, 0.5) is 0 Å². The van der Waals surface area contributed by atoms with Gasteiger partial charge in [-0.05, 0) is 36.8 Å². The molecule has 3 unspecified atom stereocenters. The van der Waals surface area contributed by atoms with Crippen molar-refractivity contribution in [2.24, 2.45) is 11.8 Å². The van der Waals surface area contributed by atoms with Crippen molar-refractivity contribution in [2.75, 3.05) is 0 Å². The summed E-state index contributed by atoms with van der Waals surface area (Å²) < 4.78 is 5.26. The minimum atomic E-state index is -0.215. The predicted octanol–water partition coefficient (Wildman–Crippen LogP) is 3.01. The second-order valence-electron chi connectivity index (χ2n) is 4.70. The van der Waals surface area contributed by atoms with Gasteiger partial charge in [-0.15, -0.1) is 0 Å². The standard InChI is InChI=1S/C13H20O2/c1-2-10-5-6-11(8-10)13(14)9-12-4-3-7-15-12/h3-4,7,10-11,13-14H,2,5-6,8-9H2,1H3. The van der Waals surface area contributed by atoms with Crippen LogP contribution in [0.5, 0.6) is 0 Å². The molecule has 0 aliphatic heterocycles. The van der Waals surface area contributed by atoms with E-state index in [1.807, 2.05) is 12.1 Å². The highest BCUT2D eigenvalue weighted by Crippen LogP contribution is 2.35. The first-order chi connectivity index (χ1) is 7.29. The molecule has 1 saturated carbocycles. The van der Waals surface area contributed by atoms with Crippen molar-refractivity contribution >= 4 is 0 Å². The van der Waals surface area contributed by atoms with E-state index in [0.717, 1.165) is 11.7 Å². The van der Waals surface area contributed by atoms with E-state index in [1.165, 1.54) is 25.7 Å². The summed E-state index contributed by atoms with van der Waals surface area (Å²) in [6, 6.07) is 3.82. The molecule has 0 radical (unpaired) electrons. The van der Waals surface area contributed by atoms with Gasteiger partial charge in [0.25, 0.3) is 0 Å². The molecule has 0 spiro atoms. The topological polar surface area (TPSA) is 33.4 Å². The molecule has 84 valence electrons. The fraction of sp³-hybridized carbons (Fsp3) is 0.692. The quantitative estimate of drug-likeness (QED) is 0.825. The third-order valence-electron chi connectivity index (χ3n) is 3.69. The van der Waals surface area contributed by atoms with Crippen LogP contribution < -0.4 is 0 Å². The Balaban J connectivity index is 1.84. The maximum Gasteiger partial charge on any atom is 0.106 e. The SMILES string of the molecule is CCC1CCC(C(O)Cc2ccco2)C1. The molecule has 0 bridgehead atoms. The first kappa shape index (κ1) is 10.7. The third kappa shape index (κ3) is 2.63. The van der Waals surface area contributed by atoms with Crippen LogP contribution in [0, 0.1) is 11.8 Å². The van der Waals surface area contributed by atoms with Crippen molar-refractivity contribution in [1.82, 2.24) is 0 Å². The molecule has 0 amide bonds. The molecule has 3 atom stereocenters. The number of rotatable bonds is 4. The van der Waals surface area contributed by atoms with Crippen molar-refractivity contribution in [3.8, 4) is 0 Å². The van der Waals surface area contributed by atoms with Crippen molar-refractivity contribution in [3.05, 3.63) is 24.2 Å². The Labute approximate surface area is 91.3 Å². The summed E-state index contributed by atoms with van der Waals surface area (Å²) >= 11 is 0. The van der Waals surface area contributed by atoms with Gasteiger partial charge in [-0.3, -0.25) is 0 Å². The number of aliphatic hydroxyl groups is 1. The Hall–Kier alpha value is -0.760. The predicted molar refractivity (Wildman–Crippen MR) is 59.5 cm³/mol. The van der Waals surface area contributed by atoms with Gasteiger partial charge in [-0.1, -0.05) is 19.8 Å². The minimum absolute atomic E-state index is 0.215. The van der Waals surface area contributed by atoms with Gasteiger partial charge < -0.3 is 9.52 Å². The highest BCUT2D eigenvalue weighted by molar-refractivity contribution is 5.00. The zero-order valence-electron chi connectivity index (χ0n) is 9.36. The molecular formula is C13H20O2. The van der Waals surface area contributed by atoms with Crippen molar-refractivity contribution in [2.45, 2.75) is 45.1 Å². The lowest BCUT2D eigenvalue weighted by molar-refractivity contribution is 0.103. The molecule has 1 N–H and O–H groups in total. The summed E-state index contributed by atoms with van der Waals surface area (Å²) in [5, 5.41) is 10.1. The zero-order valence-corrected chi connectivity index (χ0v) is 9.36. The van der Waals surface area contributed by atoms with E-state index in [-0.39, 0.29) is 6.10 Å². The second-order valence-corrected chi connectivity index (χ2v) is 4.70. The van der Waals surface area contributed by atoms with Gasteiger partial charge in [0.05, 0.1) is 12.4 Å². The van der Waals surface area contributed by atoms with E-state index in [2.05, 4.69) is 6.92 Å². The third-order valence-corrected chi connectivity index (χ3v) is 3.69. The maximum atomic E-state index is 10.1. The molecule has 2 nitrogen and oxygen atoms in total. The normalized spacial score (nSPS) is 28.1. The molecule has 2 heteroatoms. The van der Waals surface area contributed by atoms with E-state index < -0.39 is 0 Å². The van der Waals surface area contributed by atoms with Gasteiger partial charge in [-0.2, -0.15) is 0 Å². The van der Waals surface area contributed by atoms with Crippen LogP contribution in [-0.2, 0) is 6.42 Å². The summed E-state index contributed by atoms with van der Waals surface area (Å²) in [7, 11) is 0. The molecule has 15 heavy (non-hydrogen) atoms. The van der Waals surface area contributed by atoms with Crippen LogP contribution in [0.15, 0.2) is 22.8 Å². The Morgan fingerprint density at radius 3 is 3.00 bits per heavy atom. The average molecular weight is 208 g/mol. The fourth-order valence-electron chi connectivity index (χ4n) is 2.64. The lowest BCUT2D eigenvalue weighted by Gasteiger charge is -2.16. The number of aliphatic hydroxyl groups excluding tert-OH is 1. The lowest BCUT2D eigenvalue weighted by Crippen LogP contribution is -2.20. The highest BCUT2D eigenvalue weighted by Gasteiger charge is 2.29. The molecule has 0 aromatic carbocycles. The van der Waals surface area contributed by atoms with E-state index in [0.29, 0.717) is 12.3 Å². The van der Waals surface area contributed by atoms with Crippen LogP contribution in [0.1, 0.15) is 38.4 Å². The number of hydrogen-bond donors (Lipinski definition) is 1. The van der Waals surface area contributed by atoms with E-state index >= 15 is 0 Å². The van der Waals surface area contributed by atoms with Gasteiger partial charge in [0.2, 0.25) is 0 Å². The molecule has 1 aromatic heterocycles. The van der Waals surface area contributed by atoms with E-state index in [4.69, 9.17) is 4.42 Å². The zero-order chi connectivity index (χ0) is 10.7. The van der Waals surface area contributed by atoms with Crippen molar-refractivity contribution in [1.29, 1.82) is 0 Å². The molecule has 1 heterocycles. The molecule has 2 rings (SSSR count). The molecule has 1 aromatic rings. The first-order valence-corrected chi connectivity index (χ1v) is 6.00. The van der Waals surface area contributed by atoms with Gasteiger partial charge in [0.1, 0.15) is 5.76 Å². The minimum Gasteiger partial charge on any atom is -0.469 e. The molecular weight excluding hydrogens is 188 g/mol. The summed E-state index contributed by atoms with van der Waals surface area (Å²) in [5.41, 5.74) is 0. The Kier molecular flexibility index (Phi) is 3.47. The van der Waals surface area contributed by atoms with Gasteiger partial charge >= 0.3 is 0 Å². The second kappa shape index (κ2) is 4.84. The maximum absolute atomic E-state index is 10.1. The molecule has 1 aliphatic carbocycles. The summed E-state index contributed by atoms with van der Waals surface area (Å²) in [6.45, 7) is 2.24. The Bertz CT molecular complexity index is 279. The van der Waals surface area contributed by atoms with Crippen LogP contribution in [0.3, 0.4) is 0 Å². The fourth-order valence-corrected chi connectivity index (χ4v) is 2.64. The smallest absolute Gasteiger partial charge is 0.106 e. The Morgan fingerprint density at radius 2 is 2.40 bits per heavy atom. The largest absolute Gasteiger partial charge is 0.469 e. The summed E-state index contributed by atoms with van der Waals surface area (Å²) in [6.07, 6.45) is 7.05. The van der Waals surface area contributed by atoms with Gasteiger partial charge in [0.15, 0.2) is 0 Å². The van der Waals surface area contributed by atoms with Crippen LogP contribution in [0.25, 0.3) is 0 Å². The lowest BCUT2D eigenvalue weighted by atomic mass is 9.95.